The molecule has 0 aromatic carbocycles. The molecule has 1 saturated carbocycles. The van der Waals surface area contributed by atoms with Crippen LogP contribution < -0.4 is 11.5 Å². The number of carbonyl (C=O) groups is 1. The maximum atomic E-state index is 11.6. The molecule has 21 heavy (non-hydrogen) atoms. The molecule has 0 spiro atoms. The van der Waals surface area contributed by atoms with Gasteiger partial charge < -0.3 is 11.5 Å². The summed E-state index contributed by atoms with van der Waals surface area (Å²) in [7, 11) is 0. The minimum atomic E-state index is -0.406. The number of amides is 1. The van der Waals surface area contributed by atoms with Crippen molar-refractivity contribution in [2.24, 2.45) is 17.1 Å². The molecule has 1 aromatic rings. The number of carbonyl (C=O) groups excluding carboxylic acids is 1. The zero-order valence-electron chi connectivity index (χ0n) is 12.2. The van der Waals surface area contributed by atoms with E-state index >= 15 is 0 Å². The topological polar surface area (TPSA) is 92.9 Å². The van der Waals surface area contributed by atoms with Crippen molar-refractivity contribution >= 4 is 22.2 Å². The molecule has 4 N–H and O–H groups in total. The van der Waals surface area contributed by atoms with Crippen LogP contribution >= 0.6 is 11.3 Å². The zero-order chi connectivity index (χ0) is 15.0. The number of thiophene rings is 1. The Hall–Kier alpha value is -1.54. The lowest BCUT2D eigenvalue weighted by Crippen LogP contribution is -2.30. The smallest absolute Gasteiger partial charge is 0.251 e. The quantitative estimate of drug-likeness (QED) is 0.875. The van der Waals surface area contributed by atoms with Gasteiger partial charge in [-0.3, -0.25) is 4.79 Å². The van der Waals surface area contributed by atoms with E-state index in [1.165, 1.54) is 35.5 Å². The number of nitrogen functional groups attached to an aromatic ring is 1. The minimum Gasteiger partial charge on any atom is -0.390 e. The van der Waals surface area contributed by atoms with Crippen LogP contribution in [0.1, 0.15) is 59.3 Å². The lowest BCUT2D eigenvalue weighted by Gasteiger charge is -2.37. The number of primary amides is 1. The van der Waals surface area contributed by atoms with Gasteiger partial charge in [0.2, 0.25) is 0 Å². The second-order valence-electron chi connectivity index (χ2n) is 6.59. The van der Waals surface area contributed by atoms with Crippen LogP contribution in [0.25, 0.3) is 0 Å². The van der Waals surface area contributed by atoms with Gasteiger partial charge in [-0.2, -0.15) is 5.26 Å². The highest BCUT2D eigenvalue weighted by Crippen LogP contribution is 2.51. The molecule has 1 fully saturated rings. The molecule has 0 aliphatic heterocycles. The first-order valence-corrected chi connectivity index (χ1v) is 8.43. The standard InChI is InChI=1S/C16H21N3OS/c17-7-1-5-16(8-10-2-3-10)6-4-11-12(9-16)21-15(19)13(11)14(18)20/h10H,1-6,8-9,19H2,(H2,18,20). The van der Waals surface area contributed by atoms with E-state index in [0.29, 0.717) is 17.0 Å². The van der Waals surface area contributed by atoms with Gasteiger partial charge in [-0.05, 0) is 49.0 Å². The first kappa shape index (κ1) is 14.4. The molecule has 0 radical (unpaired) electrons. The third-order valence-electron chi connectivity index (χ3n) is 4.99. The number of fused-ring (bicyclic) bond motifs is 1. The van der Waals surface area contributed by atoms with E-state index in [0.717, 1.165) is 37.2 Å². The molecule has 1 amide bonds. The van der Waals surface area contributed by atoms with Crippen LogP contribution in [-0.2, 0) is 12.8 Å². The van der Waals surface area contributed by atoms with Crippen molar-refractivity contribution in [1.29, 1.82) is 5.26 Å². The first-order valence-electron chi connectivity index (χ1n) is 7.61. The molecule has 0 saturated heterocycles. The number of rotatable bonds is 5. The van der Waals surface area contributed by atoms with Gasteiger partial charge in [0.25, 0.3) is 5.91 Å². The summed E-state index contributed by atoms with van der Waals surface area (Å²) in [5, 5.41) is 9.51. The summed E-state index contributed by atoms with van der Waals surface area (Å²) in [6.45, 7) is 0. The van der Waals surface area contributed by atoms with Crippen molar-refractivity contribution < 1.29 is 4.79 Å². The Labute approximate surface area is 129 Å². The second-order valence-corrected chi connectivity index (χ2v) is 7.73. The lowest BCUT2D eigenvalue weighted by molar-refractivity contribution is 0.0999. The predicted molar refractivity (Wildman–Crippen MR) is 83.9 cm³/mol. The van der Waals surface area contributed by atoms with E-state index < -0.39 is 5.91 Å². The Morgan fingerprint density at radius 3 is 2.86 bits per heavy atom. The van der Waals surface area contributed by atoms with Crippen LogP contribution in [0.5, 0.6) is 0 Å². The van der Waals surface area contributed by atoms with Crippen LogP contribution in [0.4, 0.5) is 5.00 Å². The Morgan fingerprint density at radius 2 is 2.24 bits per heavy atom. The van der Waals surface area contributed by atoms with Crippen molar-refractivity contribution in [2.75, 3.05) is 5.73 Å². The fraction of sp³-hybridized carbons (Fsp3) is 0.625. The van der Waals surface area contributed by atoms with Gasteiger partial charge in [0, 0.05) is 11.3 Å². The number of hydrogen-bond acceptors (Lipinski definition) is 4. The van der Waals surface area contributed by atoms with Crippen LogP contribution in [0.2, 0.25) is 0 Å². The Bertz CT molecular complexity index is 612. The van der Waals surface area contributed by atoms with Gasteiger partial charge in [0.15, 0.2) is 0 Å². The van der Waals surface area contributed by atoms with E-state index in [1.807, 2.05) is 0 Å². The Balaban J connectivity index is 1.88. The summed E-state index contributed by atoms with van der Waals surface area (Å²) < 4.78 is 0. The van der Waals surface area contributed by atoms with E-state index in [9.17, 15) is 4.79 Å². The predicted octanol–water partition coefficient (Wildman–Crippen LogP) is 3.01. The van der Waals surface area contributed by atoms with E-state index in [1.54, 1.807) is 0 Å². The van der Waals surface area contributed by atoms with E-state index in [4.69, 9.17) is 16.7 Å². The average molecular weight is 303 g/mol. The first-order chi connectivity index (χ1) is 10.0. The SMILES string of the molecule is N#CCCC1(CC2CC2)CCc2c(sc(N)c2C(N)=O)C1. The molecule has 3 rings (SSSR count). The summed E-state index contributed by atoms with van der Waals surface area (Å²) in [5.41, 5.74) is 13.3. The highest BCUT2D eigenvalue weighted by atomic mass is 32.1. The summed E-state index contributed by atoms with van der Waals surface area (Å²) in [5.74, 6) is 0.440. The molecule has 1 heterocycles. The molecule has 1 atom stereocenters. The summed E-state index contributed by atoms with van der Waals surface area (Å²) in [6.07, 6.45) is 8.35. The van der Waals surface area contributed by atoms with Crippen LogP contribution in [-0.4, -0.2) is 5.91 Å². The molecular weight excluding hydrogens is 282 g/mol. The lowest BCUT2D eigenvalue weighted by atomic mass is 9.68. The Kier molecular flexibility index (Phi) is 3.66. The fourth-order valence-corrected chi connectivity index (χ4v) is 5.07. The summed E-state index contributed by atoms with van der Waals surface area (Å²) in [4.78, 5) is 12.8. The Morgan fingerprint density at radius 1 is 1.48 bits per heavy atom. The average Bonchev–Trinajstić information content (AvgIpc) is 3.16. The van der Waals surface area contributed by atoms with Crippen molar-refractivity contribution in [3.8, 4) is 6.07 Å². The molecule has 1 aromatic heterocycles. The summed E-state index contributed by atoms with van der Waals surface area (Å²) in [6, 6.07) is 2.30. The maximum Gasteiger partial charge on any atom is 0.251 e. The van der Waals surface area contributed by atoms with Gasteiger partial charge in [0.05, 0.1) is 16.6 Å². The van der Waals surface area contributed by atoms with Crippen LogP contribution in [0, 0.1) is 22.7 Å². The molecule has 0 bridgehead atoms. The minimum absolute atomic E-state index is 0.232. The van der Waals surface area contributed by atoms with Gasteiger partial charge in [-0.1, -0.05) is 12.8 Å². The molecule has 112 valence electrons. The number of nitrogens with two attached hydrogens (primary N) is 2. The molecule has 5 heteroatoms. The normalized spacial score (nSPS) is 24.3. The zero-order valence-corrected chi connectivity index (χ0v) is 13.0. The molecule has 4 nitrogen and oxygen atoms in total. The molecule has 2 aliphatic carbocycles. The van der Waals surface area contributed by atoms with Crippen LogP contribution in [0.3, 0.4) is 0 Å². The number of nitriles is 1. The van der Waals surface area contributed by atoms with Crippen molar-refractivity contribution in [3.05, 3.63) is 16.0 Å². The molecule has 2 aliphatic rings. The third-order valence-corrected chi connectivity index (χ3v) is 6.05. The number of anilines is 1. The fourth-order valence-electron chi connectivity index (χ4n) is 3.78. The monoisotopic (exact) mass is 303 g/mol. The van der Waals surface area contributed by atoms with E-state index in [-0.39, 0.29) is 5.41 Å². The van der Waals surface area contributed by atoms with E-state index in [2.05, 4.69) is 6.07 Å². The van der Waals surface area contributed by atoms with Gasteiger partial charge in [-0.25, -0.2) is 0 Å². The molecule has 1 unspecified atom stereocenters. The van der Waals surface area contributed by atoms with Crippen LogP contribution in [0.15, 0.2) is 0 Å². The molecular formula is C16H21N3OS. The van der Waals surface area contributed by atoms with Gasteiger partial charge >= 0.3 is 0 Å². The van der Waals surface area contributed by atoms with Gasteiger partial charge in [-0.15, -0.1) is 11.3 Å². The second kappa shape index (κ2) is 5.34. The summed E-state index contributed by atoms with van der Waals surface area (Å²) >= 11 is 1.52. The van der Waals surface area contributed by atoms with Crippen molar-refractivity contribution in [2.45, 2.75) is 51.4 Å². The van der Waals surface area contributed by atoms with Crippen molar-refractivity contribution in [3.63, 3.8) is 0 Å². The van der Waals surface area contributed by atoms with Gasteiger partial charge in [0.1, 0.15) is 0 Å². The largest absolute Gasteiger partial charge is 0.390 e. The van der Waals surface area contributed by atoms with Crippen molar-refractivity contribution in [1.82, 2.24) is 0 Å². The third kappa shape index (κ3) is 2.77. The highest BCUT2D eigenvalue weighted by molar-refractivity contribution is 7.16. The number of hydrogen-bond donors (Lipinski definition) is 2. The maximum absolute atomic E-state index is 11.6. The highest BCUT2D eigenvalue weighted by Gasteiger charge is 2.41. The number of nitrogens with zero attached hydrogens (tertiary/aromatic N) is 1.